The normalized spacial score (nSPS) is 7.27. The maximum atomic E-state index is 3.61. The molecule has 5 heteroatoms. The lowest BCUT2D eigenvalue weighted by Crippen LogP contribution is -1.50. The standard InChI is InChI=1S/2C3H3N2.P/c2*1-2-5-3-4-1;/h2*1-3H;/q2*-1;+2. The lowest BCUT2D eigenvalue weighted by atomic mass is 11.0. The smallest absolute Gasteiger partial charge is 0.450 e. The van der Waals surface area contributed by atoms with E-state index in [9.17, 15) is 0 Å². The van der Waals surface area contributed by atoms with Gasteiger partial charge in [0.15, 0.2) is 0 Å². The van der Waals surface area contributed by atoms with Gasteiger partial charge >= 0.3 is 9.90 Å². The highest BCUT2D eigenvalue weighted by Gasteiger charge is 2.00. The second-order valence-electron chi connectivity index (χ2n) is 1.42. The van der Waals surface area contributed by atoms with Crippen molar-refractivity contribution in [2.75, 3.05) is 0 Å². The van der Waals surface area contributed by atoms with Gasteiger partial charge in [-0.1, -0.05) is 37.4 Å². The predicted octanol–water partition coefficient (Wildman–Crippen LogP) is 0.939. The molecule has 4 nitrogen and oxygen atoms in total. The van der Waals surface area contributed by atoms with Crippen LogP contribution in [0, 0.1) is 0 Å². The molecule has 0 amide bonds. The Morgan fingerprint density at radius 2 is 1.27 bits per heavy atom. The van der Waals surface area contributed by atoms with E-state index in [0.29, 0.717) is 0 Å². The Kier molecular flexibility index (Phi) is 6.04. The molecule has 55 valence electrons. The summed E-state index contributed by atoms with van der Waals surface area (Å²) in [5.41, 5.74) is 0. The molecule has 0 saturated carbocycles. The molecule has 11 heavy (non-hydrogen) atoms. The summed E-state index contributed by atoms with van der Waals surface area (Å²) < 4.78 is 0. The summed E-state index contributed by atoms with van der Waals surface area (Å²) in [6.07, 6.45) is 9.56. The van der Waals surface area contributed by atoms with Crippen LogP contribution >= 0.6 is 9.90 Å². The maximum absolute atomic E-state index is 3.61. The minimum Gasteiger partial charge on any atom is -0.450 e. The average molecular weight is 165 g/mol. The molecule has 2 heterocycles. The molecule has 0 fully saturated rings. The molecule has 0 aliphatic rings. The molecule has 0 bridgehead atoms. The number of rotatable bonds is 0. The lowest BCUT2D eigenvalue weighted by molar-refractivity contribution is 1.29. The first-order chi connectivity index (χ1) is 5.00. The zero-order chi connectivity index (χ0) is 7.07. The Morgan fingerprint density at radius 3 is 1.36 bits per heavy atom. The zero-order valence-electron chi connectivity index (χ0n) is 5.70. The van der Waals surface area contributed by atoms with Crippen molar-refractivity contribution in [3.8, 4) is 0 Å². The van der Waals surface area contributed by atoms with Crippen LogP contribution in [0.25, 0.3) is 0 Å². The molecule has 0 spiro atoms. The quantitative estimate of drug-likeness (QED) is 0.545. The van der Waals surface area contributed by atoms with Gasteiger partial charge < -0.3 is 19.9 Å². The summed E-state index contributed by atoms with van der Waals surface area (Å²) in [7, 11) is 0. The van der Waals surface area contributed by atoms with Crippen LogP contribution in [0.2, 0.25) is 0 Å². The number of imidazole rings is 2. The third-order valence-corrected chi connectivity index (χ3v) is 0.744. The van der Waals surface area contributed by atoms with Crippen molar-refractivity contribution in [1.82, 2.24) is 19.9 Å². The molecule has 0 unspecified atom stereocenters. The van der Waals surface area contributed by atoms with Crippen molar-refractivity contribution in [3.05, 3.63) is 37.4 Å². The summed E-state index contributed by atoms with van der Waals surface area (Å²) in [5.74, 6) is 0. The Balaban J connectivity index is 0.000000167. The van der Waals surface area contributed by atoms with Crippen molar-refractivity contribution in [1.29, 1.82) is 0 Å². The van der Waals surface area contributed by atoms with Gasteiger partial charge in [0.1, 0.15) is 0 Å². The fourth-order valence-electron chi connectivity index (χ4n) is 0.385. The van der Waals surface area contributed by atoms with Gasteiger partial charge in [-0.2, -0.15) is 0 Å². The fraction of sp³-hybridized carbons (Fsp3) is 0. The van der Waals surface area contributed by atoms with Gasteiger partial charge in [-0.05, 0) is 0 Å². The molecular weight excluding hydrogens is 159 g/mol. The van der Waals surface area contributed by atoms with E-state index in [2.05, 4.69) is 19.9 Å². The van der Waals surface area contributed by atoms with Crippen LogP contribution in [0.1, 0.15) is 0 Å². The van der Waals surface area contributed by atoms with Crippen molar-refractivity contribution in [2.45, 2.75) is 0 Å². The Labute approximate surface area is 68.1 Å². The summed E-state index contributed by atoms with van der Waals surface area (Å²) in [6, 6.07) is 0. The van der Waals surface area contributed by atoms with Crippen LogP contribution in [-0.4, -0.2) is 9.97 Å². The highest BCUT2D eigenvalue weighted by Crippen LogP contribution is 1.60. The molecule has 0 N–H and O–H groups in total. The van der Waals surface area contributed by atoms with Crippen LogP contribution in [0.4, 0.5) is 0 Å². The largest absolute Gasteiger partial charge is 2.00 e. The minimum atomic E-state index is 0. The number of aromatic nitrogens is 4. The van der Waals surface area contributed by atoms with Gasteiger partial charge in [-0.25, -0.2) is 0 Å². The maximum Gasteiger partial charge on any atom is 2.00 e. The van der Waals surface area contributed by atoms with E-state index in [1.54, 1.807) is 24.8 Å². The van der Waals surface area contributed by atoms with E-state index >= 15 is 0 Å². The average Bonchev–Trinajstić information content (AvgIpc) is 2.67. The van der Waals surface area contributed by atoms with Gasteiger partial charge in [0.2, 0.25) is 0 Å². The SMILES string of the molecule is [P+2].c1c[n-]cn1.c1c[n-]cn1. The third-order valence-electron chi connectivity index (χ3n) is 0.744. The second kappa shape index (κ2) is 6.83. The molecular formula is C6H6N4P. The van der Waals surface area contributed by atoms with Gasteiger partial charge in [0, 0.05) is 0 Å². The second-order valence-corrected chi connectivity index (χ2v) is 1.42. The van der Waals surface area contributed by atoms with Gasteiger partial charge in [0.25, 0.3) is 0 Å². The lowest BCUT2D eigenvalue weighted by Gasteiger charge is -1.61. The summed E-state index contributed by atoms with van der Waals surface area (Å²) in [6.45, 7) is 0. The molecule has 0 aliphatic carbocycles. The molecule has 2 aromatic rings. The molecule has 0 atom stereocenters. The van der Waals surface area contributed by atoms with Crippen LogP contribution in [0.15, 0.2) is 37.4 Å². The van der Waals surface area contributed by atoms with E-state index in [1.165, 1.54) is 12.7 Å². The number of hydrogen-bond acceptors (Lipinski definition) is 2. The van der Waals surface area contributed by atoms with Crippen LogP contribution in [0.5, 0.6) is 0 Å². The molecule has 3 radical (unpaired) electrons. The van der Waals surface area contributed by atoms with Crippen LogP contribution in [-0.2, 0) is 0 Å². The van der Waals surface area contributed by atoms with Crippen molar-refractivity contribution in [3.63, 3.8) is 0 Å². The number of hydrogen-bond donors (Lipinski definition) is 0. The van der Waals surface area contributed by atoms with E-state index in [0.717, 1.165) is 0 Å². The highest BCUT2D eigenvalue weighted by atomic mass is 31.0. The first-order valence-corrected chi connectivity index (χ1v) is 2.73. The van der Waals surface area contributed by atoms with Crippen molar-refractivity contribution < 1.29 is 0 Å². The first kappa shape index (κ1) is 9.72. The van der Waals surface area contributed by atoms with E-state index in [1.807, 2.05) is 0 Å². The number of nitrogens with zero attached hydrogens (tertiary/aromatic N) is 4. The summed E-state index contributed by atoms with van der Waals surface area (Å²) >= 11 is 0. The Morgan fingerprint density at radius 1 is 0.818 bits per heavy atom. The van der Waals surface area contributed by atoms with Gasteiger partial charge in [0.05, 0.1) is 0 Å². The first-order valence-electron chi connectivity index (χ1n) is 2.73. The topological polar surface area (TPSA) is 54.0 Å². The summed E-state index contributed by atoms with van der Waals surface area (Å²) in [4.78, 5) is 14.4. The van der Waals surface area contributed by atoms with Crippen molar-refractivity contribution >= 4 is 9.90 Å². The van der Waals surface area contributed by atoms with Gasteiger partial charge in [-0.15, -0.1) is 0 Å². The van der Waals surface area contributed by atoms with Crippen molar-refractivity contribution in [2.24, 2.45) is 0 Å². The third kappa shape index (κ3) is 5.18. The Hall–Kier alpha value is -1.28. The summed E-state index contributed by atoms with van der Waals surface area (Å²) in [5, 5.41) is 0. The van der Waals surface area contributed by atoms with Crippen LogP contribution in [0.3, 0.4) is 0 Å². The molecule has 0 aromatic carbocycles. The Bertz CT molecular complexity index is 154. The fourth-order valence-corrected chi connectivity index (χ4v) is 0.385. The van der Waals surface area contributed by atoms with E-state index in [4.69, 9.17) is 0 Å². The molecule has 0 saturated heterocycles. The molecule has 2 rings (SSSR count). The predicted molar refractivity (Wildman–Crippen MR) is 42.0 cm³/mol. The van der Waals surface area contributed by atoms with E-state index in [-0.39, 0.29) is 9.90 Å². The minimum absolute atomic E-state index is 0. The van der Waals surface area contributed by atoms with Gasteiger partial charge in [-0.3, -0.25) is 0 Å². The molecule has 2 aromatic heterocycles. The molecule has 0 aliphatic heterocycles. The van der Waals surface area contributed by atoms with E-state index < -0.39 is 0 Å². The zero-order valence-corrected chi connectivity index (χ0v) is 6.59. The van der Waals surface area contributed by atoms with Crippen LogP contribution < -0.4 is 9.97 Å². The highest BCUT2D eigenvalue weighted by molar-refractivity contribution is 6.92. The monoisotopic (exact) mass is 165 g/mol.